The minimum Gasteiger partial charge on any atom is -0.379 e. The number of carbonyl (C=O) groups is 1. The van der Waals surface area contributed by atoms with Crippen LogP contribution in [-0.2, 0) is 9.53 Å². The number of rotatable bonds is 7. The molecule has 100 valence electrons. The van der Waals surface area contributed by atoms with Gasteiger partial charge >= 0.3 is 0 Å². The molecule has 0 aromatic carbocycles. The van der Waals surface area contributed by atoms with Crippen LogP contribution >= 0.6 is 0 Å². The minimum atomic E-state index is 0.0451. The zero-order valence-corrected chi connectivity index (χ0v) is 11.5. The number of hydrogen-bond acceptors (Lipinski definition) is 3. The maximum Gasteiger partial charge on any atom is 0.234 e. The lowest BCUT2D eigenvalue weighted by Gasteiger charge is -2.29. The van der Waals surface area contributed by atoms with E-state index < -0.39 is 0 Å². The van der Waals surface area contributed by atoms with Crippen LogP contribution in [0.1, 0.15) is 33.6 Å². The van der Waals surface area contributed by atoms with Gasteiger partial charge in [0.2, 0.25) is 5.91 Å². The van der Waals surface area contributed by atoms with Crippen molar-refractivity contribution in [2.45, 2.75) is 39.7 Å². The molecule has 0 bridgehead atoms. The van der Waals surface area contributed by atoms with Crippen LogP contribution in [0.5, 0.6) is 0 Å². The molecule has 0 radical (unpaired) electrons. The van der Waals surface area contributed by atoms with Gasteiger partial charge in [0, 0.05) is 13.7 Å². The molecule has 1 unspecified atom stereocenters. The van der Waals surface area contributed by atoms with Gasteiger partial charge in [-0.15, -0.1) is 0 Å². The third kappa shape index (κ3) is 6.03. The number of ether oxygens (including phenoxy) is 1. The molecule has 4 heteroatoms. The Balaban J connectivity index is 2.12. The van der Waals surface area contributed by atoms with E-state index in [2.05, 4.69) is 31.4 Å². The van der Waals surface area contributed by atoms with Crippen molar-refractivity contribution in [2.24, 2.45) is 11.3 Å². The fourth-order valence-corrected chi connectivity index (χ4v) is 1.72. The number of carbonyl (C=O) groups excluding carboxylic acids is 1. The van der Waals surface area contributed by atoms with Crippen molar-refractivity contribution in [1.29, 1.82) is 0 Å². The maximum absolute atomic E-state index is 11.6. The van der Waals surface area contributed by atoms with Gasteiger partial charge in [0.15, 0.2) is 0 Å². The van der Waals surface area contributed by atoms with E-state index in [1.807, 2.05) is 0 Å². The van der Waals surface area contributed by atoms with Crippen LogP contribution in [0.25, 0.3) is 0 Å². The molecule has 4 nitrogen and oxygen atoms in total. The first-order chi connectivity index (χ1) is 7.93. The summed E-state index contributed by atoms with van der Waals surface area (Å²) in [4.78, 5) is 11.6. The molecule has 1 aliphatic rings. The molecule has 2 N–H and O–H groups in total. The van der Waals surface area contributed by atoms with E-state index in [9.17, 15) is 4.79 Å². The molecule has 0 saturated heterocycles. The van der Waals surface area contributed by atoms with Crippen molar-refractivity contribution >= 4 is 5.91 Å². The van der Waals surface area contributed by atoms with Crippen LogP contribution in [0.3, 0.4) is 0 Å². The molecule has 0 heterocycles. The average Bonchev–Trinajstić information content (AvgIpc) is 3.00. The predicted molar refractivity (Wildman–Crippen MR) is 68.9 cm³/mol. The summed E-state index contributed by atoms with van der Waals surface area (Å²) in [5.74, 6) is 0.862. The highest BCUT2D eigenvalue weighted by Gasteiger charge is 2.25. The quantitative estimate of drug-likeness (QED) is 0.704. The Labute approximate surface area is 104 Å². The van der Waals surface area contributed by atoms with Crippen LogP contribution < -0.4 is 10.6 Å². The van der Waals surface area contributed by atoms with Gasteiger partial charge in [0.05, 0.1) is 12.6 Å². The van der Waals surface area contributed by atoms with E-state index in [0.717, 1.165) is 12.5 Å². The zero-order valence-electron chi connectivity index (χ0n) is 11.5. The van der Waals surface area contributed by atoms with Crippen molar-refractivity contribution in [2.75, 3.05) is 26.7 Å². The molecule has 0 spiro atoms. The summed E-state index contributed by atoms with van der Waals surface area (Å²) in [5, 5.41) is 6.08. The molecule has 1 amide bonds. The van der Waals surface area contributed by atoms with Crippen LogP contribution in [0.4, 0.5) is 0 Å². The second-order valence-electron chi connectivity index (χ2n) is 5.97. The summed E-state index contributed by atoms with van der Waals surface area (Å²) in [6.45, 7) is 8.29. The lowest BCUT2D eigenvalue weighted by molar-refractivity contribution is -0.121. The molecule has 0 aromatic rings. The van der Waals surface area contributed by atoms with Gasteiger partial charge in [0.1, 0.15) is 0 Å². The summed E-state index contributed by atoms with van der Waals surface area (Å²) in [7, 11) is 1.69. The fourth-order valence-electron chi connectivity index (χ4n) is 1.72. The molecular formula is C13H26N2O2. The van der Waals surface area contributed by atoms with E-state index in [4.69, 9.17) is 4.74 Å². The van der Waals surface area contributed by atoms with Gasteiger partial charge < -0.3 is 15.4 Å². The number of nitrogens with one attached hydrogen (secondary N) is 2. The van der Waals surface area contributed by atoms with Crippen molar-refractivity contribution in [3.63, 3.8) is 0 Å². The van der Waals surface area contributed by atoms with Gasteiger partial charge in [-0.1, -0.05) is 20.8 Å². The number of hydrogen-bond donors (Lipinski definition) is 2. The molecule has 1 saturated carbocycles. The second-order valence-corrected chi connectivity index (χ2v) is 5.97. The van der Waals surface area contributed by atoms with Crippen LogP contribution in [0.15, 0.2) is 0 Å². The molecular weight excluding hydrogens is 216 g/mol. The highest BCUT2D eigenvalue weighted by atomic mass is 16.5. The zero-order chi connectivity index (χ0) is 12.9. The van der Waals surface area contributed by atoms with E-state index >= 15 is 0 Å². The lowest BCUT2D eigenvalue weighted by atomic mass is 9.89. The van der Waals surface area contributed by atoms with Crippen molar-refractivity contribution < 1.29 is 9.53 Å². The van der Waals surface area contributed by atoms with Crippen LogP contribution in [0.2, 0.25) is 0 Å². The first-order valence-electron chi connectivity index (χ1n) is 6.43. The predicted octanol–water partition coefficient (Wildman–Crippen LogP) is 1.16. The summed E-state index contributed by atoms with van der Waals surface area (Å²) >= 11 is 0. The summed E-state index contributed by atoms with van der Waals surface area (Å²) in [5.41, 5.74) is 0.0451. The summed E-state index contributed by atoms with van der Waals surface area (Å²) in [6.07, 6.45) is 2.67. The van der Waals surface area contributed by atoms with Gasteiger partial charge in [-0.3, -0.25) is 4.79 Å². The molecule has 0 aliphatic heterocycles. The maximum atomic E-state index is 11.6. The molecule has 1 fully saturated rings. The molecule has 0 aromatic heterocycles. The highest BCUT2D eigenvalue weighted by molar-refractivity contribution is 5.78. The molecule has 1 rings (SSSR count). The lowest BCUT2D eigenvalue weighted by Crippen LogP contribution is -2.43. The van der Waals surface area contributed by atoms with Crippen molar-refractivity contribution in [3.05, 3.63) is 0 Å². The Bertz CT molecular complexity index is 244. The van der Waals surface area contributed by atoms with Gasteiger partial charge in [0.25, 0.3) is 0 Å². The largest absolute Gasteiger partial charge is 0.379 e. The normalized spacial score (nSPS) is 17.9. The van der Waals surface area contributed by atoms with E-state index in [0.29, 0.717) is 13.1 Å². The Kier molecular flexibility index (Phi) is 5.40. The molecule has 1 atom stereocenters. The first-order valence-corrected chi connectivity index (χ1v) is 6.43. The van der Waals surface area contributed by atoms with Gasteiger partial charge in [-0.2, -0.15) is 0 Å². The smallest absolute Gasteiger partial charge is 0.234 e. The van der Waals surface area contributed by atoms with Crippen LogP contribution in [0, 0.1) is 11.3 Å². The van der Waals surface area contributed by atoms with E-state index in [-0.39, 0.29) is 17.4 Å². The fraction of sp³-hybridized carbons (Fsp3) is 0.923. The topological polar surface area (TPSA) is 50.4 Å². The standard InChI is InChI=1S/C13H26N2O2/c1-13(2,3)11(17-4)8-15-12(16)9-14-7-10-5-6-10/h10-11,14H,5-9H2,1-4H3,(H,15,16). The van der Waals surface area contributed by atoms with Crippen molar-refractivity contribution in [3.8, 4) is 0 Å². The Morgan fingerprint density at radius 3 is 2.53 bits per heavy atom. The SMILES string of the molecule is COC(CNC(=O)CNCC1CC1)C(C)(C)C. The average molecular weight is 242 g/mol. The Morgan fingerprint density at radius 1 is 1.41 bits per heavy atom. The monoisotopic (exact) mass is 242 g/mol. The highest BCUT2D eigenvalue weighted by Crippen LogP contribution is 2.27. The third-order valence-electron chi connectivity index (χ3n) is 3.15. The van der Waals surface area contributed by atoms with Crippen LogP contribution in [-0.4, -0.2) is 38.8 Å². The van der Waals surface area contributed by atoms with Gasteiger partial charge in [-0.25, -0.2) is 0 Å². The second kappa shape index (κ2) is 6.36. The van der Waals surface area contributed by atoms with E-state index in [1.54, 1.807) is 7.11 Å². The number of amides is 1. The summed E-state index contributed by atoms with van der Waals surface area (Å²) < 4.78 is 5.38. The van der Waals surface area contributed by atoms with Crippen molar-refractivity contribution in [1.82, 2.24) is 10.6 Å². The number of methoxy groups -OCH3 is 1. The Hall–Kier alpha value is -0.610. The summed E-state index contributed by atoms with van der Waals surface area (Å²) in [6, 6.07) is 0. The molecule has 1 aliphatic carbocycles. The first kappa shape index (κ1) is 14.5. The van der Waals surface area contributed by atoms with E-state index in [1.165, 1.54) is 12.8 Å². The van der Waals surface area contributed by atoms with Gasteiger partial charge in [-0.05, 0) is 30.7 Å². The molecule has 17 heavy (non-hydrogen) atoms. The Morgan fingerprint density at radius 2 is 2.06 bits per heavy atom. The third-order valence-corrected chi connectivity index (χ3v) is 3.15. The minimum absolute atomic E-state index is 0.0451.